The van der Waals surface area contributed by atoms with E-state index in [1.165, 1.54) is 89.9 Å². The Labute approximate surface area is 853 Å². The summed E-state index contributed by atoms with van der Waals surface area (Å²) in [5.41, 5.74) is 0. The first kappa shape index (κ1) is 128. The molecular weight excluding hydrogens is 1960 g/mol. The number of hydrogen-bond acceptors (Lipinski definition) is 44. The van der Waals surface area contributed by atoms with Gasteiger partial charge in [0.2, 0.25) is 23.6 Å². The normalized spacial score (nSPS) is 35.5. The maximum atomic E-state index is 14.7. The first-order valence-electron chi connectivity index (χ1n) is 51.9. The summed E-state index contributed by atoms with van der Waals surface area (Å²) in [5.74, 6) is -23.8. The molecule has 0 bridgehead atoms. The van der Waals surface area contributed by atoms with E-state index in [0.717, 1.165) is 105 Å². The van der Waals surface area contributed by atoms with Gasteiger partial charge in [-0.2, -0.15) is 0 Å². The lowest BCUT2D eigenvalue weighted by Crippen LogP contribution is -2.72. The van der Waals surface area contributed by atoms with E-state index in [0.29, 0.717) is 12.8 Å². The Morgan fingerprint density at radius 1 is 0.361 bits per heavy atom. The van der Waals surface area contributed by atoms with Gasteiger partial charge in [-0.05, 0) is 19.8 Å². The number of carboxylic acids is 3. The minimum Gasteiger partial charge on any atom is -0.477 e. The SMILES string of the molecule is CCCCCCCCCCCCCCCCCC(=O)N[C@@H](CO[C@@H]1O[C@H](CO)[C@@H](O[C@@H]2O[C@H](CO)[C@H](O[C@@H]3O[C@H](CO)[C@H](O)[C@H](O[C@@H]4O[C@H](CO)[C@H](O)[C@H](O[C@]5(C(=O)O)C[C@H](O)[C@@H](NC(C)=O)C([C@H](O)[C@H](O)CO)O5)[C@H]4O)[C@H]3CC(C)=O)[C@H](O[C@]3(C(=O)O)C[C@H](O)[C@@H](NC(C)=O)C([C@H](O)[C@@H](CO)O[C@]4(C(=O)O)C[C@H](O)[C@@H](NC(C)=O)C([C@H](O)[C@H](O)CO)O4)O3)[C@H]2O)[C@H](O)[C@H]1O)[C@H](O)CCCCCCCCCCCCCCC. The first-order chi connectivity index (χ1) is 69.9. The molecule has 7 aliphatic rings. The van der Waals surface area contributed by atoms with Gasteiger partial charge in [0, 0.05) is 58.8 Å². The third-order valence-electron chi connectivity index (χ3n) is 28.2. The topological polar surface area (TPSA) is 820 Å². The minimum atomic E-state index is -3.79. The second-order valence-electron chi connectivity index (χ2n) is 39.9. The maximum Gasteiger partial charge on any atom is 0.364 e. The number of unbranched alkanes of at least 4 members (excludes halogenated alkanes) is 26. The van der Waals surface area contributed by atoms with E-state index in [-0.39, 0.29) is 12.8 Å². The smallest absolute Gasteiger partial charge is 0.364 e. The highest BCUT2D eigenvalue weighted by Gasteiger charge is 2.66. The number of ketones is 1. The van der Waals surface area contributed by atoms with Gasteiger partial charge in [0.15, 0.2) is 25.2 Å². The number of carboxylic acid groups (broad SMARTS) is 3. The van der Waals surface area contributed by atoms with Crippen LogP contribution in [0.5, 0.6) is 0 Å². The van der Waals surface area contributed by atoms with Crippen molar-refractivity contribution >= 4 is 47.3 Å². The van der Waals surface area contributed by atoms with Crippen LogP contribution in [-0.2, 0) is 105 Å². The number of hydrogen-bond donors (Lipinski definition) is 29. The number of rotatable bonds is 68. The van der Waals surface area contributed by atoms with Crippen LogP contribution < -0.4 is 21.3 Å². The fourth-order valence-corrected chi connectivity index (χ4v) is 20.0. The molecular formula is C96H168N4O47. The molecule has 0 saturated carbocycles. The summed E-state index contributed by atoms with van der Waals surface area (Å²) in [7, 11) is 0. The standard InChI is InChI=1S/C96H168N4O47/c1-7-9-11-13-15-17-19-21-22-24-26-28-30-32-34-36-66(118)100-54(55(112)35-33-31-29-27-25-23-20-18-16-14-12-10-8-2)48-134-88-76(125)75(124)80(64(46-106)137-88)140-90-78(127)86(147-96(93(132)133)40-58(115)69(99-52(6)111)84(145-96)74(123)63(45-105)142-94(91(128)129)38-56(113)67(97-50(4)109)82(143-94)70(119)59(116)41-101)81(65(47-107)138-90)141-87-53(37-49(3)108)79(72(121)61(43-103)135-87)139-89-77(126)85(73(122)62(44-104)136-89)146-95(92(130)131)39-57(114)68(98-51(5)110)83(144-95)71(120)60(117)42-102/h53-65,67-90,101-107,112-117,119-127H,7-48H2,1-6H3,(H,97,109)(H,98,110)(H,99,111)(H,100,118)(H,128,129)(H,130,131)(H,132,133)/t53-,54+,55-,56+,57+,58+,59-,60-,61-,62-,63-,64-,65-,67-,68-,69-,70-,71-,72+,73+,74-,75-,76-,77-,78-,79-,80-,81+,82?,83?,84?,85+,86-,87+,88-,89+,90+,94-,95+,96+/m1/s1. The van der Waals surface area contributed by atoms with E-state index in [4.69, 9.17) is 66.3 Å². The summed E-state index contributed by atoms with van der Waals surface area (Å²) >= 11 is 0. The Kier molecular flexibility index (Phi) is 55.5. The highest BCUT2D eigenvalue weighted by Crippen LogP contribution is 2.46. The number of carbonyl (C=O) groups excluding carboxylic acids is 5. The van der Waals surface area contributed by atoms with Crippen LogP contribution in [0, 0.1) is 5.92 Å². The van der Waals surface area contributed by atoms with Gasteiger partial charge in [-0.15, -0.1) is 0 Å². The van der Waals surface area contributed by atoms with E-state index in [2.05, 4.69) is 35.1 Å². The zero-order valence-electron chi connectivity index (χ0n) is 84.7. The summed E-state index contributed by atoms with van der Waals surface area (Å²) < 4.78 is 85.0. The lowest BCUT2D eigenvalue weighted by molar-refractivity contribution is -0.409. The zero-order chi connectivity index (χ0) is 109. The number of aliphatic hydroxyl groups excluding tert-OH is 22. The predicted octanol–water partition coefficient (Wildman–Crippen LogP) is -5.38. The molecule has 0 aromatic heterocycles. The van der Waals surface area contributed by atoms with E-state index in [9.17, 15) is 166 Å². The van der Waals surface area contributed by atoms with E-state index in [1.807, 2.05) is 0 Å². The summed E-state index contributed by atoms with van der Waals surface area (Å²) in [6.45, 7) is -1.98. The van der Waals surface area contributed by atoms with Crippen LogP contribution in [0.4, 0.5) is 0 Å². The maximum absolute atomic E-state index is 14.7. The lowest BCUT2D eigenvalue weighted by Gasteiger charge is -2.53. The number of ether oxygens (including phenoxy) is 14. The molecule has 40 atom stereocenters. The van der Waals surface area contributed by atoms with Gasteiger partial charge in [0.05, 0.1) is 108 Å². The van der Waals surface area contributed by atoms with Gasteiger partial charge in [-0.1, -0.05) is 187 Å². The average Bonchev–Trinajstić information content (AvgIpc) is 0.736. The summed E-state index contributed by atoms with van der Waals surface area (Å²) in [6, 6.07) is -6.99. The Morgan fingerprint density at radius 3 is 1.11 bits per heavy atom. The molecule has 7 heterocycles. The molecule has 51 heteroatoms. The van der Waals surface area contributed by atoms with E-state index < -0.39 is 369 Å². The molecule has 0 aliphatic carbocycles. The molecule has 0 spiro atoms. The van der Waals surface area contributed by atoms with Crippen LogP contribution in [-0.4, -0.2) is 465 Å². The van der Waals surface area contributed by atoms with Crippen LogP contribution in [0.2, 0.25) is 0 Å². The van der Waals surface area contributed by atoms with Crippen molar-refractivity contribution in [1.29, 1.82) is 0 Å². The largest absolute Gasteiger partial charge is 0.477 e. The lowest BCUT2D eigenvalue weighted by atomic mass is 9.86. The molecule has 7 fully saturated rings. The molecule has 7 aliphatic heterocycles. The second kappa shape index (κ2) is 63.5. The molecule has 0 radical (unpaired) electrons. The Hall–Kier alpha value is -5.48. The molecule has 51 nitrogen and oxygen atoms in total. The number of nitrogens with one attached hydrogen (secondary N) is 4. The van der Waals surface area contributed by atoms with Gasteiger partial charge in [-0.3, -0.25) is 19.2 Å². The van der Waals surface area contributed by atoms with Crippen molar-refractivity contribution in [2.45, 2.75) is 497 Å². The summed E-state index contributed by atoms with van der Waals surface area (Å²) in [6.07, 6.45) is -49.9. The molecule has 0 aromatic rings. The van der Waals surface area contributed by atoms with Gasteiger partial charge in [0.1, 0.15) is 146 Å². The molecule has 4 amide bonds. The van der Waals surface area contributed by atoms with Crippen LogP contribution in [0.15, 0.2) is 0 Å². The van der Waals surface area contributed by atoms with Crippen LogP contribution in [0.3, 0.4) is 0 Å². The molecule has 3 unspecified atom stereocenters. The fourth-order valence-electron chi connectivity index (χ4n) is 20.0. The zero-order valence-corrected chi connectivity index (χ0v) is 84.7. The third-order valence-corrected chi connectivity index (χ3v) is 28.2. The predicted molar refractivity (Wildman–Crippen MR) is 502 cm³/mol. The fraction of sp³-hybridized carbons (Fsp3) is 0.917. The van der Waals surface area contributed by atoms with Gasteiger partial charge in [-0.25, -0.2) is 14.4 Å². The Balaban J connectivity index is 1.25. The van der Waals surface area contributed by atoms with Crippen molar-refractivity contribution in [1.82, 2.24) is 21.3 Å². The molecule has 7 saturated heterocycles. The third kappa shape index (κ3) is 36.3. The van der Waals surface area contributed by atoms with Crippen molar-refractivity contribution in [3.63, 3.8) is 0 Å². The highest BCUT2D eigenvalue weighted by molar-refractivity contribution is 5.79. The molecule has 7 rings (SSSR count). The monoisotopic (exact) mass is 2130 g/mol. The minimum absolute atomic E-state index is 0.0730. The van der Waals surface area contributed by atoms with E-state index in [1.54, 1.807) is 0 Å². The van der Waals surface area contributed by atoms with Crippen LogP contribution in [0.1, 0.15) is 260 Å². The number of aliphatic hydroxyl groups is 22. The average molecular weight is 2130 g/mol. The number of carbonyl (C=O) groups is 8. The number of Topliss-reactive ketones (excluding diaryl/α,β-unsaturated/α-hetero) is 1. The molecule has 29 N–H and O–H groups in total. The van der Waals surface area contributed by atoms with Crippen molar-refractivity contribution in [2.24, 2.45) is 5.92 Å². The summed E-state index contributed by atoms with van der Waals surface area (Å²) in [4.78, 5) is 108. The Bertz CT molecular complexity index is 3860. The molecule has 854 valence electrons. The van der Waals surface area contributed by atoms with Gasteiger partial charge >= 0.3 is 17.9 Å². The number of amides is 4. The van der Waals surface area contributed by atoms with E-state index >= 15 is 0 Å². The highest BCUT2D eigenvalue weighted by atomic mass is 16.8. The van der Waals surface area contributed by atoms with Crippen molar-refractivity contribution in [3.05, 3.63) is 0 Å². The number of aliphatic carboxylic acids is 3. The van der Waals surface area contributed by atoms with Crippen molar-refractivity contribution in [2.75, 3.05) is 52.9 Å². The molecule has 0 aromatic carbocycles. The molecule has 147 heavy (non-hydrogen) atoms. The van der Waals surface area contributed by atoms with Gasteiger partial charge in [0.25, 0.3) is 17.4 Å². The van der Waals surface area contributed by atoms with Crippen LogP contribution in [0.25, 0.3) is 0 Å². The van der Waals surface area contributed by atoms with Crippen LogP contribution >= 0.6 is 0 Å². The van der Waals surface area contributed by atoms with Crippen molar-refractivity contribution in [3.8, 4) is 0 Å². The summed E-state index contributed by atoms with van der Waals surface area (Å²) in [5, 5.41) is 297. The quantitative estimate of drug-likeness (QED) is 0.0253. The van der Waals surface area contributed by atoms with Crippen molar-refractivity contribution < 1.29 is 232 Å². The second-order valence-corrected chi connectivity index (χ2v) is 39.9. The van der Waals surface area contributed by atoms with Gasteiger partial charge < -0.3 is 220 Å². The Morgan fingerprint density at radius 2 is 0.707 bits per heavy atom. The first-order valence-corrected chi connectivity index (χ1v) is 51.9.